The molecule has 0 radical (unpaired) electrons. The Kier molecular flexibility index (Phi) is 5.36. The zero-order valence-corrected chi connectivity index (χ0v) is 17.3. The van der Waals surface area contributed by atoms with E-state index in [-0.39, 0.29) is 5.91 Å². The number of nitrogens with zero attached hydrogens (tertiary/aromatic N) is 4. The number of aryl methyl sites for hydroxylation is 1. The number of amides is 1. The van der Waals surface area contributed by atoms with Crippen molar-refractivity contribution in [2.45, 2.75) is 13.3 Å². The number of anilines is 1. The Bertz CT molecular complexity index is 878. The zero-order valence-electron chi connectivity index (χ0n) is 16.6. The summed E-state index contributed by atoms with van der Waals surface area (Å²) in [6, 6.07) is 10.0. The second kappa shape index (κ2) is 7.92. The molecule has 1 fully saturated rings. The number of carbonyl (C=O) groups is 1. The number of rotatable bonds is 4. The molecule has 0 N–H and O–H groups in total. The summed E-state index contributed by atoms with van der Waals surface area (Å²) in [5, 5.41) is 0.767. The van der Waals surface area contributed by atoms with Crippen LogP contribution in [0.1, 0.15) is 29.4 Å². The van der Waals surface area contributed by atoms with E-state index in [1.807, 2.05) is 36.3 Å². The second-order valence-corrected chi connectivity index (χ2v) is 7.92. The van der Waals surface area contributed by atoms with Gasteiger partial charge in [0.1, 0.15) is 0 Å². The van der Waals surface area contributed by atoms with E-state index in [9.17, 15) is 4.79 Å². The summed E-state index contributed by atoms with van der Waals surface area (Å²) >= 11 is 6.02. The Morgan fingerprint density at radius 2 is 1.68 bits per heavy atom. The summed E-state index contributed by atoms with van der Waals surface area (Å²) in [7, 11) is 2.03. The van der Waals surface area contributed by atoms with Crippen LogP contribution in [0.25, 0.3) is 5.70 Å². The van der Waals surface area contributed by atoms with E-state index in [4.69, 9.17) is 11.6 Å². The lowest BCUT2D eigenvalue weighted by Crippen LogP contribution is -2.45. The molecule has 1 aromatic carbocycles. The van der Waals surface area contributed by atoms with Crippen molar-refractivity contribution < 1.29 is 4.79 Å². The van der Waals surface area contributed by atoms with Gasteiger partial charge >= 0.3 is 0 Å². The highest BCUT2D eigenvalue weighted by Gasteiger charge is 2.29. The van der Waals surface area contributed by atoms with Crippen LogP contribution in [-0.2, 0) is 7.05 Å². The van der Waals surface area contributed by atoms with Gasteiger partial charge in [0.2, 0.25) is 0 Å². The summed E-state index contributed by atoms with van der Waals surface area (Å²) in [5.41, 5.74) is 4.26. The number of benzene rings is 1. The van der Waals surface area contributed by atoms with Gasteiger partial charge in [0, 0.05) is 63.2 Å². The van der Waals surface area contributed by atoms with Gasteiger partial charge in [0.15, 0.2) is 0 Å². The van der Waals surface area contributed by atoms with Gasteiger partial charge in [-0.25, -0.2) is 0 Å². The van der Waals surface area contributed by atoms with Crippen molar-refractivity contribution in [2.75, 3.05) is 44.2 Å². The maximum Gasteiger partial charge on any atom is 0.256 e. The fourth-order valence-corrected chi connectivity index (χ4v) is 4.29. The lowest BCUT2D eigenvalue weighted by atomic mass is 10.1. The zero-order chi connectivity index (χ0) is 19.7. The van der Waals surface area contributed by atoms with E-state index < -0.39 is 0 Å². The number of carbonyl (C=O) groups excluding carboxylic acids is 1. The predicted octanol–water partition coefficient (Wildman–Crippen LogP) is 3.71. The molecule has 6 heteroatoms. The summed E-state index contributed by atoms with van der Waals surface area (Å²) in [6.45, 7) is 7.35. The quantitative estimate of drug-likeness (QED) is 0.786. The minimum Gasteiger partial charge on any atom is -0.368 e. The first-order chi connectivity index (χ1) is 13.6. The molecular weight excluding hydrogens is 372 g/mol. The highest BCUT2D eigenvalue weighted by molar-refractivity contribution is 6.30. The lowest BCUT2D eigenvalue weighted by Gasteiger charge is -2.38. The van der Waals surface area contributed by atoms with Gasteiger partial charge in [-0.05, 0) is 42.8 Å². The Balaban J connectivity index is 1.55. The average molecular weight is 399 g/mol. The van der Waals surface area contributed by atoms with Crippen molar-refractivity contribution in [1.29, 1.82) is 0 Å². The lowest BCUT2D eigenvalue weighted by molar-refractivity contribution is 0.0775. The Morgan fingerprint density at radius 3 is 2.36 bits per heavy atom. The molecule has 2 aliphatic heterocycles. The topological polar surface area (TPSA) is 31.7 Å². The Morgan fingerprint density at radius 1 is 1.00 bits per heavy atom. The number of hydrogen-bond donors (Lipinski definition) is 0. The number of aromatic nitrogens is 1. The highest BCUT2D eigenvalue weighted by atomic mass is 35.5. The van der Waals surface area contributed by atoms with Gasteiger partial charge < -0.3 is 19.3 Å². The Labute approximate surface area is 171 Å². The standard InChI is InChI=1S/C22H27ClN4O/c1-3-10-27-12-9-20(21-19(22(27)28)8-11-24(21)2)26-15-13-25(14-16-26)18-6-4-17(23)5-7-18/h4-9,11H,3,10,12-16H2,1-2H3. The van der Waals surface area contributed by atoms with Crippen LogP contribution < -0.4 is 4.90 Å². The summed E-state index contributed by atoms with van der Waals surface area (Å²) < 4.78 is 2.08. The number of halogens is 1. The molecule has 0 spiro atoms. The van der Waals surface area contributed by atoms with Crippen molar-refractivity contribution in [3.8, 4) is 0 Å². The van der Waals surface area contributed by atoms with Crippen molar-refractivity contribution in [3.63, 3.8) is 0 Å². The molecule has 4 rings (SSSR count). The van der Waals surface area contributed by atoms with E-state index in [1.165, 1.54) is 11.4 Å². The van der Waals surface area contributed by atoms with Gasteiger partial charge in [0.05, 0.1) is 17.0 Å². The molecule has 2 aromatic rings. The average Bonchev–Trinajstić information content (AvgIpc) is 3.03. The molecule has 148 valence electrons. The first-order valence-electron chi connectivity index (χ1n) is 9.99. The molecule has 0 saturated carbocycles. The van der Waals surface area contributed by atoms with Crippen molar-refractivity contribution >= 4 is 28.9 Å². The molecule has 5 nitrogen and oxygen atoms in total. The minimum absolute atomic E-state index is 0.142. The van der Waals surface area contributed by atoms with Crippen LogP contribution >= 0.6 is 11.6 Å². The van der Waals surface area contributed by atoms with Crippen LogP contribution in [0, 0.1) is 0 Å². The molecule has 1 aromatic heterocycles. The third kappa shape index (κ3) is 3.51. The van der Waals surface area contributed by atoms with Gasteiger partial charge in [-0.1, -0.05) is 18.5 Å². The first-order valence-corrected chi connectivity index (χ1v) is 10.4. The van der Waals surface area contributed by atoms with Gasteiger partial charge in [-0.3, -0.25) is 4.79 Å². The predicted molar refractivity (Wildman–Crippen MR) is 115 cm³/mol. The highest BCUT2D eigenvalue weighted by Crippen LogP contribution is 2.29. The molecule has 0 aliphatic carbocycles. The van der Waals surface area contributed by atoms with E-state index in [0.717, 1.165) is 55.4 Å². The molecule has 3 heterocycles. The molecule has 28 heavy (non-hydrogen) atoms. The monoisotopic (exact) mass is 398 g/mol. The van der Waals surface area contributed by atoms with E-state index in [2.05, 4.69) is 39.5 Å². The van der Waals surface area contributed by atoms with Crippen LogP contribution in [0.3, 0.4) is 0 Å². The van der Waals surface area contributed by atoms with E-state index in [1.54, 1.807) is 0 Å². The number of fused-ring (bicyclic) bond motifs is 1. The van der Waals surface area contributed by atoms with E-state index >= 15 is 0 Å². The maximum atomic E-state index is 13.0. The fraction of sp³-hybridized carbons (Fsp3) is 0.409. The van der Waals surface area contributed by atoms with Gasteiger partial charge in [0.25, 0.3) is 5.91 Å². The Hall–Kier alpha value is -2.40. The van der Waals surface area contributed by atoms with Gasteiger partial charge in [-0.15, -0.1) is 0 Å². The molecular formula is C22H27ClN4O. The van der Waals surface area contributed by atoms with Crippen molar-refractivity contribution in [1.82, 2.24) is 14.4 Å². The van der Waals surface area contributed by atoms with E-state index in [0.29, 0.717) is 6.54 Å². The summed E-state index contributed by atoms with van der Waals surface area (Å²) in [6.07, 6.45) is 5.20. The van der Waals surface area contributed by atoms with Crippen molar-refractivity contribution in [3.05, 3.63) is 58.9 Å². The molecule has 1 saturated heterocycles. The van der Waals surface area contributed by atoms with Crippen molar-refractivity contribution in [2.24, 2.45) is 7.05 Å². The summed E-state index contributed by atoms with van der Waals surface area (Å²) in [4.78, 5) is 19.7. The smallest absolute Gasteiger partial charge is 0.256 e. The molecule has 0 unspecified atom stereocenters. The van der Waals surface area contributed by atoms with Crippen LogP contribution in [-0.4, -0.2) is 59.5 Å². The largest absolute Gasteiger partial charge is 0.368 e. The molecule has 1 amide bonds. The first kappa shape index (κ1) is 18.9. The second-order valence-electron chi connectivity index (χ2n) is 7.48. The normalized spacial score (nSPS) is 17.5. The van der Waals surface area contributed by atoms with Crippen LogP contribution in [0.2, 0.25) is 5.02 Å². The van der Waals surface area contributed by atoms with Gasteiger partial charge in [-0.2, -0.15) is 0 Å². The molecule has 0 atom stereocenters. The molecule has 2 aliphatic rings. The maximum absolute atomic E-state index is 13.0. The number of hydrogen-bond acceptors (Lipinski definition) is 3. The minimum atomic E-state index is 0.142. The van der Waals surface area contributed by atoms with Crippen LogP contribution in [0.5, 0.6) is 0 Å². The third-order valence-electron chi connectivity index (χ3n) is 5.64. The SMILES string of the molecule is CCCN1CC=C(N2CCN(c3ccc(Cl)cc3)CC2)c2c(ccn2C)C1=O. The van der Waals surface area contributed by atoms with Crippen LogP contribution in [0.15, 0.2) is 42.6 Å². The third-order valence-corrected chi connectivity index (χ3v) is 5.90. The summed E-state index contributed by atoms with van der Waals surface area (Å²) in [5.74, 6) is 0.142. The molecule has 0 bridgehead atoms. The number of piperazine rings is 1. The van der Waals surface area contributed by atoms with Crippen LogP contribution in [0.4, 0.5) is 5.69 Å². The fourth-order valence-electron chi connectivity index (χ4n) is 4.17.